The van der Waals surface area contributed by atoms with Gasteiger partial charge in [-0.15, -0.1) is 0 Å². The van der Waals surface area contributed by atoms with Gasteiger partial charge in [-0.05, 0) is 61.0 Å². The molecule has 5 heteroatoms. The summed E-state index contributed by atoms with van der Waals surface area (Å²) >= 11 is 0. The zero-order chi connectivity index (χ0) is 22.5. The van der Waals surface area contributed by atoms with E-state index in [9.17, 15) is 0 Å². The van der Waals surface area contributed by atoms with Crippen molar-refractivity contribution in [2.75, 3.05) is 13.2 Å². The Labute approximate surface area is 194 Å². The summed E-state index contributed by atoms with van der Waals surface area (Å²) in [5.74, 6) is 1.70. The van der Waals surface area contributed by atoms with E-state index in [0.29, 0.717) is 12.6 Å². The van der Waals surface area contributed by atoms with E-state index in [4.69, 9.17) is 14.5 Å². The molecule has 0 amide bonds. The smallest absolute Gasteiger partial charge is 0.145 e. The lowest BCUT2D eigenvalue weighted by Gasteiger charge is -2.25. The van der Waals surface area contributed by atoms with Crippen LogP contribution in [0.25, 0.3) is 23.2 Å². The molecule has 0 atom stereocenters. The van der Waals surface area contributed by atoms with Crippen LogP contribution in [0.3, 0.4) is 0 Å². The van der Waals surface area contributed by atoms with Gasteiger partial charge in [0.1, 0.15) is 23.9 Å². The molecule has 0 spiro atoms. The molecule has 1 aliphatic rings. The Morgan fingerprint density at radius 3 is 2.61 bits per heavy atom. The van der Waals surface area contributed by atoms with Crippen molar-refractivity contribution in [3.63, 3.8) is 0 Å². The standard InChI is InChI=1S/C28H27N3O2/c1-29-24-9-5-6-10-27(24)33-20-22-11-13-26-25(19-22)30-28(14-12-21-7-3-2-4-8-21)31(26)23-15-17-32-18-16-23/h2-14,19,23H,1,15-18,20H2/b14-12+. The van der Waals surface area contributed by atoms with Crippen LogP contribution in [0.1, 0.15) is 35.8 Å². The van der Waals surface area contributed by atoms with Crippen LogP contribution >= 0.6 is 0 Å². The van der Waals surface area contributed by atoms with Gasteiger partial charge >= 0.3 is 0 Å². The molecule has 33 heavy (non-hydrogen) atoms. The molecule has 3 aromatic carbocycles. The Balaban J connectivity index is 1.46. The summed E-state index contributed by atoms with van der Waals surface area (Å²) in [6.07, 6.45) is 6.23. The highest BCUT2D eigenvalue weighted by Gasteiger charge is 2.21. The summed E-state index contributed by atoms with van der Waals surface area (Å²) in [6, 6.07) is 24.8. The van der Waals surface area contributed by atoms with Gasteiger partial charge in [-0.1, -0.05) is 54.6 Å². The second-order valence-corrected chi connectivity index (χ2v) is 8.17. The maximum atomic E-state index is 6.02. The van der Waals surface area contributed by atoms with Gasteiger partial charge in [0, 0.05) is 19.3 Å². The van der Waals surface area contributed by atoms with Crippen LogP contribution in [0.15, 0.2) is 77.8 Å². The first-order valence-electron chi connectivity index (χ1n) is 11.3. The Hall–Kier alpha value is -3.70. The lowest BCUT2D eigenvalue weighted by Crippen LogP contribution is -2.20. The van der Waals surface area contributed by atoms with Crippen molar-refractivity contribution in [3.8, 4) is 5.75 Å². The van der Waals surface area contributed by atoms with Gasteiger partial charge in [0.25, 0.3) is 0 Å². The second kappa shape index (κ2) is 9.84. The predicted molar refractivity (Wildman–Crippen MR) is 134 cm³/mol. The largest absolute Gasteiger partial charge is 0.487 e. The molecule has 1 aromatic heterocycles. The first kappa shape index (κ1) is 21.2. The van der Waals surface area contributed by atoms with Crippen molar-refractivity contribution in [1.82, 2.24) is 9.55 Å². The summed E-state index contributed by atoms with van der Waals surface area (Å²) in [5, 5.41) is 0. The van der Waals surface area contributed by atoms with Crippen LogP contribution in [-0.2, 0) is 11.3 Å². The molecule has 1 aliphatic heterocycles. The van der Waals surface area contributed by atoms with Crippen molar-refractivity contribution in [2.45, 2.75) is 25.5 Å². The van der Waals surface area contributed by atoms with E-state index in [2.05, 4.69) is 58.8 Å². The number of para-hydroxylation sites is 2. The highest BCUT2D eigenvalue weighted by molar-refractivity contribution is 5.81. The first-order chi connectivity index (χ1) is 16.3. The molecule has 0 bridgehead atoms. The molecular weight excluding hydrogens is 410 g/mol. The molecule has 1 fully saturated rings. The Bertz CT molecular complexity index is 1270. The highest BCUT2D eigenvalue weighted by Crippen LogP contribution is 2.31. The molecule has 1 saturated heterocycles. The Morgan fingerprint density at radius 1 is 1.00 bits per heavy atom. The van der Waals surface area contributed by atoms with E-state index in [1.165, 1.54) is 0 Å². The molecular formula is C28H27N3O2. The number of hydrogen-bond acceptors (Lipinski definition) is 4. The van der Waals surface area contributed by atoms with Gasteiger partial charge in [-0.3, -0.25) is 4.99 Å². The zero-order valence-corrected chi connectivity index (χ0v) is 18.6. The highest BCUT2D eigenvalue weighted by atomic mass is 16.5. The average molecular weight is 438 g/mol. The minimum Gasteiger partial charge on any atom is -0.487 e. The summed E-state index contributed by atoms with van der Waals surface area (Å²) in [7, 11) is 0. The van der Waals surface area contributed by atoms with Crippen molar-refractivity contribution in [1.29, 1.82) is 0 Å². The second-order valence-electron chi connectivity index (χ2n) is 8.17. The third-order valence-electron chi connectivity index (χ3n) is 5.99. The van der Waals surface area contributed by atoms with Crippen molar-refractivity contribution in [2.24, 2.45) is 4.99 Å². The topological polar surface area (TPSA) is 48.6 Å². The number of hydrogen-bond donors (Lipinski definition) is 0. The maximum Gasteiger partial charge on any atom is 0.145 e. The van der Waals surface area contributed by atoms with Crippen LogP contribution in [0.5, 0.6) is 5.75 Å². The minimum absolute atomic E-state index is 0.381. The molecule has 0 N–H and O–H groups in total. The average Bonchev–Trinajstić information content (AvgIpc) is 3.25. The van der Waals surface area contributed by atoms with Crippen LogP contribution in [-0.4, -0.2) is 29.5 Å². The molecule has 166 valence electrons. The molecule has 5 rings (SSSR count). The van der Waals surface area contributed by atoms with E-state index >= 15 is 0 Å². The van der Waals surface area contributed by atoms with Crippen molar-refractivity contribution in [3.05, 3.63) is 89.7 Å². The number of ether oxygens (including phenoxy) is 2. The quantitative estimate of drug-likeness (QED) is 0.311. The van der Waals surface area contributed by atoms with Crippen LogP contribution < -0.4 is 4.74 Å². The molecule has 5 nitrogen and oxygen atoms in total. The summed E-state index contributed by atoms with van der Waals surface area (Å²) in [5.41, 5.74) is 5.09. The zero-order valence-electron chi connectivity index (χ0n) is 18.6. The van der Waals surface area contributed by atoms with E-state index in [1.807, 2.05) is 42.5 Å². The number of fused-ring (bicyclic) bond motifs is 1. The van der Waals surface area contributed by atoms with Gasteiger partial charge in [0.15, 0.2) is 0 Å². The SMILES string of the molecule is C=Nc1ccccc1OCc1ccc2c(c1)nc(/C=C/c1ccccc1)n2C1CCOCC1. The number of aromatic nitrogens is 2. The predicted octanol–water partition coefficient (Wildman–Crippen LogP) is 6.47. The fourth-order valence-electron chi connectivity index (χ4n) is 4.30. The van der Waals surface area contributed by atoms with Gasteiger partial charge in [0.05, 0.1) is 11.0 Å². The molecule has 0 aliphatic carbocycles. The minimum atomic E-state index is 0.381. The molecule has 2 heterocycles. The van der Waals surface area contributed by atoms with Crippen LogP contribution in [0.2, 0.25) is 0 Å². The Kier molecular flexibility index (Phi) is 6.31. The van der Waals surface area contributed by atoms with E-state index in [-0.39, 0.29) is 0 Å². The summed E-state index contributed by atoms with van der Waals surface area (Å²) < 4.78 is 14.0. The third-order valence-corrected chi connectivity index (χ3v) is 5.99. The number of rotatable bonds is 7. The first-order valence-corrected chi connectivity index (χ1v) is 11.3. The molecule has 0 unspecified atom stereocenters. The lowest BCUT2D eigenvalue weighted by atomic mass is 10.1. The third kappa shape index (κ3) is 4.73. The number of nitrogens with zero attached hydrogens (tertiary/aromatic N) is 3. The van der Waals surface area contributed by atoms with Crippen LogP contribution in [0, 0.1) is 0 Å². The van der Waals surface area contributed by atoms with E-state index in [1.54, 1.807) is 0 Å². The summed E-state index contributed by atoms with van der Waals surface area (Å²) in [4.78, 5) is 9.04. The summed E-state index contributed by atoms with van der Waals surface area (Å²) in [6.45, 7) is 5.64. The monoisotopic (exact) mass is 437 g/mol. The number of benzene rings is 3. The van der Waals surface area contributed by atoms with Crippen molar-refractivity contribution < 1.29 is 9.47 Å². The number of imidazole rings is 1. The Morgan fingerprint density at radius 2 is 1.79 bits per heavy atom. The lowest BCUT2D eigenvalue weighted by molar-refractivity contribution is 0.0704. The van der Waals surface area contributed by atoms with Crippen LogP contribution in [0.4, 0.5) is 5.69 Å². The van der Waals surface area contributed by atoms with E-state index in [0.717, 1.165) is 65.5 Å². The van der Waals surface area contributed by atoms with Gasteiger partial charge < -0.3 is 14.0 Å². The normalized spacial score (nSPS) is 14.7. The van der Waals surface area contributed by atoms with Gasteiger partial charge in [0.2, 0.25) is 0 Å². The molecule has 0 radical (unpaired) electrons. The van der Waals surface area contributed by atoms with E-state index < -0.39 is 0 Å². The van der Waals surface area contributed by atoms with Gasteiger partial charge in [-0.25, -0.2) is 4.98 Å². The molecule has 0 saturated carbocycles. The fraction of sp³-hybridized carbons (Fsp3) is 0.214. The van der Waals surface area contributed by atoms with Crippen molar-refractivity contribution >= 4 is 35.6 Å². The van der Waals surface area contributed by atoms with Gasteiger partial charge in [-0.2, -0.15) is 0 Å². The number of aliphatic imine (C=N–C) groups is 1. The fourth-order valence-corrected chi connectivity index (χ4v) is 4.30. The maximum absolute atomic E-state index is 6.02. The molecule has 4 aromatic rings.